The molecular formula is C21H18NO3+. The van der Waals surface area contributed by atoms with Crippen LogP contribution in [0.1, 0.15) is 13.3 Å². The van der Waals surface area contributed by atoms with E-state index in [1.807, 2.05) is 41.1 Å². The zero-order valence-corrected chi connectivity index (χ0v) is 14.2. The van der Waals surface area contributed by atoms with Crippen LogP contribution < -0.4 is 13.9 Å². The van der Waals surface area contributed by atoms with Gasteiger partial charge in [0, 0.05) is 18.6 Å². The molecule has 0 saturated carbocycles. The molecular weight excluding hydrogens is 314 g/mol. The van der Waals surface area contributed by atoms with E-state index in [9.17, 15) is 4.79 Å². The van der Waals surface area contributed by atoms with E-state index < -0.39 is 0 Å². The quantitative estimate of drug-likeness (QED) is 0.187. The molecule has 2 aromatic heterocycles. The number of rotatable bonds is 3. The maximum absolute atomic E-state index is 11.8. The van der Waals surface area contributed by atoms with E-state index in [4.69, 9.17) is 9.47 Å². The summed E-state index contributed by atoms with van der Waals surface area (Å²) in [5.74, 6) is 0.735. The van der Waals surface area contributed by atoms with Crippen LogP contribution in [0.15, 0.2) is 60.9 Å². The third-order valence-electron chi connectivity index (χ3n) is 4.41. The molecule has 4 rings (SSSR count). The Hall–Kier alpha value is -3.14. The van der Waals surface area contributed by atoms with Crippen molar-refractivity contribution in [1.82, 2.24) is 0 Å². The summed E-state index contributed by atoms with van der Waals surface area (Å²) in [6.45, 7) is 1.77. The Morgan fingerprint density at radius 1 is 1.04 bits per heavy atom. The molecule has 0 fully saturated rings. The predicted molar refractivity (Wildman–Crippen MR) is 97.1 cm³/mol. The summed E-state index contributed by atoms with van der Waals surface area (Å²) >= 11 is 0. The SMILES string of the molecule is CCC(=O)Oc1c(OC)ccc2cc3c4ccccc4cc[n+]3cc12. The first-order chi connectivity index (χ1) is 12.2. The van der Waals surface area contributed by atoms with Crippen LogP contribution in [0.4, 0.5) is 0 Å². The number of esters is 1. The Labute approximate surface area is 145 Å². The summed E-state index contributed by atoms with van der Waals surface area (Å²) in [4.78, 5) is 11.8. The van der Waals surface area contributed by atoms with Gasteiger partial charge >= 0.3 is 5.97 Å². The van der Waals surface area contributed by atoms with Crippen molar-refractivity contribution in [3.63, 3.8) is 0 Å². The fourth-order valence-corrected chi connectivity index (χ4v) is 3.11. The second-order valence-electron chi connectivity index (χ2n) is 5.90. The maximum Gasteiger partial charge on any atom is 0.311 e. The number of methoxy groups -OCH3 is 1. The summed E-state index contributed by atoms with van der Waals surface area (Å²) in [6, 6.07) is 16.3. The smallest absolute Gasteiger partial charge is 0.311 e. The third-order valence-corrected chi connectivity index (χ3v) is 4.41. The van der Waals surface area contributed by atoms with Gasteiger partial charge in [-0.25, -0.2) is 0 Å². The molecule has 0 aliphatic rings. The Morgan fingerprint density at radius 2 is 1.88 bits per heavy atom. The van der Waals surface area contributed by atoms with Crippen LogP contribution in [0.2, 0.25) is 0 Å². The highest BCUT2D eigenvalue weighted by Gasteiger charge is 2.18. The van der Waals surface area contributed by atoms with Crippen molar-refractivity contribution in [2.24, 2.45) is 0 Å². The molecule has 124 valence electrons. The first-order valence-electron chi connectivity index (χ1n) is 8.25. The molecule has 0 atom stereocenters. The zero-order chi connectivity index (χ0) is 17.4. The molecule has 4 heteroatoms. The van der Waals surface area contributed by atoms with E-state index >= 15 is 0 Å². The summed E-state index contributed by atoms with van der Waals surface area (Å²) in [7, 11) is 1.58. The van der Waals surface area contributed by atoms with Crippen molar-refractivity contribution < 1.29 is 18.7 Å². The minimum absolute atomic E-state index is 0.283. The average Bonchev–Trinajstić information content (AvgIpc) is 2.66. The summed E-state index contributed by atoms with van der Waals surface area (Å²) in [6.07, 6.45) is 4.31. The minimum atomic E-state index is -0.283. The van der Waals surface area contributed by atoms with Gasteiger partial charge in [-0.15, -0.1) is 0 Å². The fraction of sp³-hybridized carbons (Fsp3) is 0.143. The number of ether oxygens (including phenoxy) is 2. The van der Waals surface area contributed by atoms with Crippen LogP contribution in [0.25, 0.3) is 27.1 Å². The first-order valence-corrected chi connectivity index (χ1v) is 8.25. The molecule has 0 bridgehead atoms. The van der Waals surface area contributed by atoms with Gasteiger partial charge in [0.25, 0.3) is 0 Å². The normalized spacial score (nSPS) is 11.1. The Balaban J connectivity index is 2.05. The van der Waals surface area contributed by atoms with Crippen molar-refractivity contribution in [2.75, 3.05) is 7.11 Å². The predicted octanol–water partition coefficient (Wildman–Crippen LogP) is 4.06. The maximum atomic E-state index is 11.8. The Morgan fingerprint density at radius 3 is 2.68 bits per heavy atom. The number of hydrogen-bond donors (Lipinski definition) is 0. The molecule has 0 unspecified atom stereocenters. The second-order valence-corrected chi connectivity index (χ2v) is 5.90. The van der Waals surface area contributed by atoms with Crippen LogP contribution in [-0.4, -0.2) is 13.1 Å². The molecule has 25 heavy (non-hydrogen) atoms. The third kappa shape index (κ3) is 2.56. The molecule has 0 N–H and O–H groups in total. The monoisotopic (exact) mass is 332 g/mol. The van der Waals surface area contributed by atoms with Gasteiger partial charge in [-0.3, -0.25) is 4.79 Å². The molecule has 0 saturated heterocycles. The highest BCUT2D eigenvalue weighted by Crippen LogP contribution is 2.36. The summed E-state index contributed by atoms with van der Waals surface area (Å²) in [5, 5.41) is 4.20. The largest absolute Gasteiger partial charge is 0.493 e. The van der Waals surface area contributed by atoms with Gasteiger partial charge in [0.05, 0.1) is 17.9 Å². The lowest BCUT2D eigenvalue weighted by Gasteiger charge is -2.11. The van der Waals surface area contributed by atoms with Crippen LogP contribution in [0, 0.1) is 0 Å². The Bertz CT molecular complexity index is 1120. The van der Waals surface area contributed by atoms with E-state index in [1.54, 1.807) is 14.0 Å². The fourth-order valence-electron chi connectivity index (χ4n) is 3.11. The standard InChI is InChI=1S/C21H18NO3/c1-3-20(23)25-21-17-13-22-11-10-14-6-4-5-7-16(14)18(22)12-15(17)8-9-19(21)24-2/h4-13H,3H2,1-2H3/q+1. The lowest BCUT2D eigenvalue weighted by molar-refractivity contribution is -0.509. The lowest BCUT2D eigenvalue weighted by Crippen LogP contribution is -2.21. The van der Waals surface area contributed by atoms with Crippen molar-refractivity contribution in [3.8, 4) is 11.5 Å². The van der Waals surface area contributed by atoms with Crippen molar-refractivity contribution in [2.45, 2.75) is 13.3 Å². The molecule has 2 aromatic carbocycles. The molecule has 4 nitrogen and oxygen atoms in total. The number of carbonyl (C=O) groups is 1. The summed E-state index contributed by atoms with van der Waals surface area (Å²) < 4.78 is 13.0. The van der Waals surface area contributed by atoms with Crippen LogP contribution in [-0.2, 0) is 4.79 Å². The minimum Gasteiger partial charge on any atom is -0.493 e. The summed E-state index contributed by atoms with van der Waals surface area (Å²) in [5.41, 5.74) is 1.10. The number of benzene rings is 2. The number of pyridine rings is 2. The van der Waals surface area contributed by atoms with E-state index in [2.05, 4.69) is 24.3 Å². The molecule has 0 aliphatic heterocycles. The Kier molecular flexibility index (Phi) is 3.73. The van der Waals surface area contributed by atoms with Gasteiger partial charge in [0.2, 0.25) is 5.52 Å². The van der Waals surface area contributed by atoms with Crippen molar-refractivity contribution in [3.05, 3.63) is 60.9 Å². The molecule has 0 aliphatic carbocycles. The van der Waals surface area contributed by atoms with Crippen LogP contribution in [0.3, 0.4) is 0 Å². The van der Waals surface area contributed by atoms with E-state index in [0.717, 1.165) is 16.3 Å². The molecule has 0 spiro atoms. The highest BCUT2D eigenvalue weighted by molar-refractivity contribution is 5.99. The van der Waals surface area contributed by atoms with Crippen LogP contribution in [0.5, 0.6) is 11.5 Å². The van der Waals surface area contributed by atoms with Gasteiger partial charge in [-0.1, -0.05) is 25.1 Å². The number of hydrogen-bond acceptors (Lipinski definition) is 3. The van der Waals surface area contributed by atoms with Gasteiger partial charge in [0.1, 0.15) is 0 Å². The van der Waals surface area contributed by atoms with E-state index in [1.165, 1.54) is 10.8 Å². The van der Waals surface area contributed by atoms with Gasteiger partial charge in [-0.2, -0.15) is 4.40 Å². The second kappa shape index (κ2) is 6.06. The first kappa shape index (κ1) is 15.4. The average molecular weight is 332 g/mol. The van der Waals surface area contributed by atoms with Crippen molar-refractivity contribution >= 4 is 33.0 Å². The number of nitrogens with zero attached hydrogens (tertiary/aromatic N) is 1. The number of fused-ring (bicyclic) bond motifs is 4. The molecule has 0 amide bonds. The van der Waals surface area contributed by atoms with Crippen molar-refractivity contribution in [1.29, 1.82) is 0 Å². The highest BCUT2D eigenvalue weighted by atomic mass is 16.6. The zero-order valence-electron chi connectivity index (χ0n) is 14.2. The topological polar surface area (TPSA) is 39.6 Å². The molecule has 0 radical (unpaired) electrons. The molecule has 2 heterocycles. The lowest BCUT2D eigenvalue weighted by atomic mass is 10.1. The van der Waals surface area contributed by atoms with Gasteiger partial charge in [0.15, 0.2) is 23.9 Å². The van der Waals surface area contributed by atoms with Gasteiger partial charge < -0.3 is 9.47 Å². The number of carbonyl (C=O) groups excluding carboxylic acids is 1. The van der Waals surface area contributed by atoms with Gasteiger partial charge in [-0.05, 0) is 29.0 Å². The van der Waals surface area contributed by atoms with Crippen LogP contribution >= 0.6 is 0 Å². The van der Waals surface area contributed by atoms with E-state index in [-0.39, 0.29) is 5.97 Å². The molecule has 4 aromatic rings. The number of aromatic nitrogens is 1. The van der Waals surface area contributed by atoms with E-state index in [0.29, 0.717) is 17.9 Å².